The predicted molar refractivity (Wildman–Crippen MR) is 90.3 cm³/mol. The molecule has 21 heavy (non-hydrogen) atoms. The number of hydrogen-bond acceptors (Lipinski definition) is 1. The van der Waals surface area contributed by atoms with Crippen LogP contribution in [0.3, 0.4) is 0 Å². The van der Waals surface area contributed by atoms with Crippen LogP contribution < -0.4 is 5.32 Å². The SMILES string of the molecule is CC#CCCNC(c1ccccc1)c1cc(C)ccc1C. The molecular formula is C20H23N. The molecule has 1 unspecified atom stereocenters. The summed E-state index contributed by atoms with van der Waals surface area (Å²) < 4.78 is 0. The summed E-state index contributed by atoms with van der Waals surface area (Å²) in [5.74, 6) is 6.07. The minimum atomic E-state index is 0.227. The summed E-state index contributed by atoms with van der Waals surface area (Å²) in [7, 11) is 0. The van der Waals surface area contributed by atoms with Gasteiger partial charge in [0.2, 0.25) is 0 Å². The second-order valence-electron chi connectivity index (χ2n) is 5.33. The Morgan fingerprint density at radius 2 is 1.81 bits per heavy atom. The third-order valence-electron chi connectivity index (χ3n) is 3.65. The minimum Gasteiger partial charge on any atom is -0.305 e. The fourth-order valence-corrected chi connectivity index (χ4v) is 2.53. The highest BCUT2D eigenvalue weighted by molar-refractivity contribution is 5.39. The summed E-state index contributed by atoms with van der Waals surface area (Å²) >= 11 is 0. The first-order valence-corrected chi connectivity index (χ1v) is 7.47. The van der Waals surface area contributed by atoms with E-state index in [1.807, 2.05) is 6.92 Å². The van der Waals surface area contributed by atoms with Gasteiger partial charge in [0.05, 0.1) is 6.04 Å². The highest BCUT2D eigenvalue weighted by atomic mass is 14.9. The summed E-state index contributed by atoms with van der Waals surface area (Å²) in [6.07, 6.45) is 0.880. The van der Waals surface area contributed by atoms with Crippen LogP contribution in [0.25, 0.3) is 0 Å². The molecule has 2 rings (SSSR count). The largest absolute Gasteiger partial charge is 0.305 e. The van der Waals surface area contributed by atoms with E-state index < -0.39 is 0 Å². The van der Waals surface area contributed by atoms with Gasteiger partial charge in [-0.2, -0.15) is 0 Å². The van der Waals surface area contributed by atoms with Gasteiger partial charge >= 0.3 is 0 Å². The van der Waals surface area contributed by atoms with Gasteiger partial charge < -0.3 is 5.32 Å². The van der Waals surface area contributed by atoms with Crippen LogP contribution in [0.2, 0.25) is 0 Å². The van der Waals surface area contributed by atoms with E-state index in [9.17, 15) is 0 Å². The molecular weight excluding hydrogens is 254 g/mol. The van der Waals surface area contributed by atoms with E-state index in [0.717, 1.165) is 13.0 Å². The van der Waals surface area contributed by atoms with Crippen molar-refractivity contribution in [1.82, 2.24) is 5.32 Å². The molecule has 0 aliphatic rings. The van der Waals surface area contributed by atoms with Crippen LogP contribution in [0.1, 0.15) is 41.6 Å². The summed E-state index contributed by atoms with van der Waals surface area (Å²) in [5.41, 5.74) is 5.27. The van der Waals surface area contributed by atoms with E-state index in [2.05, 4.69) is 79.5 Å². The van der Waals surface area contributed by atoms with Crippen molar-refractivity contribution in [1.29, 1.82) is 0 Å². The number of hydrogen-bond donors (Lipinski definition) is 1. The molecule has 0 aromatic heterocycles. The Morgan fingerprint density at radius 1 is 1.05 bits per heavy atom. The Bertz CT molecular complexity index is 632. The maximum atomic E-state index is 3.65. The third kappa shape index (κ3) is 4.21. The second-order valence-corrected chi connectivity index (χ2v) is 5.33. The number of nitrogens with one attached hydrogen (secondary N) is 1. The second kappa shape index (κ2) is 7.67. The van der Waals surface area contributed by atoms with Crippen molar-refractivity contribution in [2.24, 2.45) is 0 Å². The van der Waals surface area contributed by atoms with Crippen molar-refractivity contribution >= 4 is 0 Å². The third-order valence-corrected chi connectivity index (χ3v) is 3.65. The molecule has 0 saturated carbocycles. The maximum absolute atomic E-state index is 3.65. The van der Waals surface area contributed by atoms with Crippen molar-refractivity contribution < 1.29 is 0 Å². The Labute approximate surface area is 128 Å². The van der Waals surface area contributed by atoms with Crippen molar-refractivity contribution in [2.75, 3.05) is 6.54 Å². The summed E-state index contributed by atoms with van der Waals surface area (Å²) in [6, 6.07) is 17.5. The van der Waals surface area contributed by atoms with Crippen LogP contribution in [0.15, 0.2) is 48.5 Å². The highest BCUT2D eigenvalue weighted by Gasteiger charge is 2.15. The van der Waals surface area contributed by atoms with Gasteiger partial charge in [0.1, 0.15) is 0 Å². The molecule has 0 fully saturated rings. The molecule has 0 saturated heterocycles. The zero-order valence-electron chi connectivity index (χ0n) is 13.1. The lowest BCUT2D eigenvalue weighted by molar-refractivity contribution is 0.611. The lowest BCUT2D eigenvalue weighted by Gasteiger charge is -2.22. The fraction of sp³-hybridized carbons (Fsp3) is 0.300. The van der Waals surface area contributed by atoms with Gasteiger partial charge in [-0.3, -0.25) is 0 Å². The van der Waals surface area contributed by atoms with Gasteiger partial charge in [0.15, 0.2) is 0 Å². The average Bonchev–Trinajstić information content (AvgIpc) is 2.51. The molecule has 0 amide bonds. The predicted octanol–water partition coefficient (Wildman–Crippen LogP) is 4.40. The lowest BCUT2D eigenvalue weighted by atomic mass is 9.93. The molecule has 0 aliphatic carbocycles. The number of aryl methyl sites for hydroxylation is 2. The molecule has 1 N–H and O–H groups in total. The smallest absolute Gasteiger partial charge is 0.0579 e. The molecule has 0 aliphatic heterocycles. The van der Waals surface area contributed by atoms with Gasteiger partial charge in [-0.15, -0.1) is 11.8 Å². The van der Waals surface area contributed by atoms with Crippen LogP contribution in [-0.2, 0) is 0 Å². The Hall–Kier alpha value is -2.04. The number of rotatable bonds is 5. The summed E-state index contributed by atoms with van der Waals surface area (Å²) in [4.78, 5) is 0. The maximum Gasteiger partial charge on any atom is 0.0579 e. The van der Waals surface area contributed by atoms with Gasteiger partial charge in [-0.25, -0.2) is 0 Å². The molecule has 0 bridgehead atoms. The van der Waals surface area contributed by atoms with Gasteiger partial charge in [0, 0.05) is 13.0 Å². The van der Waals surface area contributed by atoms with Crippen LogP contribution >= 0.6 is 0 Å². The van der Waals surface area contributed by atoms with Gasteiger partial charge in [-0.05, 0) is 37.5 Å². The standard InChI is InChI=1S/C20H23N/c1-4-5-9-14-21-20(18-10-7-6-8-11-18)19-15-16(2)12-13-17(19)3/h6-8,10-13,15,20-21H,9,14H2,1-3H3. The minimum absolute atomic E-state index is 0.227. The molecule has 2 aromatic carbocycles. The molecule has 1 atom stereocenters. The van der Waals surface area contributed by atoms with Crippen molar-refractivity contribution in [2.45, 2.75) is 33.2 Å². The topological polar surface area (TPSA) is 12.0 Å². The summed E-state index contributed by atoms with van der Waals surface area (Å²) in [6.45, 7) is 7.11. The first kappa shape index (κ1) is 15.4. The quantitative estimate of drug-likeness (QED) is 0.631. The van der Waals surface area contributed by atoms with Crippen molar-refractivity contribution in [3.8, 4) is 11.8 Å². The van der Waals surface area contributed by atoms with Crippen LogP contribution in [0.4, 0.5) is 0 Å². The van der Waals surface area contributed by atoms with E-state index in [1.165, 1.54) is 22.3 Å². The lowest BCUT2D eigenvalue weighted by Crippen LogP contribution is -2.24. The molecule has 1 nitrogen and oxygen atoms in total. The van der Waals surface area contributed by atoms with E-state index in [1.54, 1.807) is 0 Å². The van der Waals surface area contributed by atoms with E-state index >= 15 is 0 Å². The highest BCUT2D eigenvalue weighted by Crippen LogP contribution is 2.25. The van der Waals surface area contributed by atoms with Crippen LogP contribution in [0.5, 0.6) is 0 Å². The number of benzene rings is 2. The molecule has 0 heterocycles. The van der Waals surface area contributed by atoms with Gasteiger partial charge in [-0.1, -0.05) is 54.1 Å². The van der Waals surface area contributed by atoms with E-state index in [0.29, 0.717) is 0 Å². The monoisotopic (exact) mass is 277 g/mol. The molecule has 0 radical (unpaired) electrons. The Kier molecular flexibility index (Phi) is 5.60. The van der Waals surface area contributed by atoms with Crippen molar-refractivity contribution in [3.63, 3.8) is 0 Å². The van der Waals surface area contributed by atoms with Crippen molar-refractivity contribution in [3.05, 3.63) is 70.8 Å². The molecule has 1 heteroatoms. The van der Waals surface area contributed by atoms with Crippen LogP contribution in [0, 0.1) is 25.7 Å². The average molecular weight is 277 g/mol. The normalized spacial score (nSPS) is 11.6. The van der Waals surface area contributed by atoms with E-state index in [4.69, 9.17) is 0 Å². The zero-order chi connectivity index (χ0) is 15.1. The van der Waals surface area contributed by atoms with Gasteiger partial charge in [0.25, 0.3) is 0 Å². The first-order valence-electron chi connectivity index (χ1n) is 7.47. The molecule has 108 valence electrons. The van der Waals surface area contributed by atoms with E-state index in [-0.39, 0.29) is 6.04 Å². The fourth-order valence-electron chi connectivity index (χ4n) is 2.53. The molecule has 2 aromatic rings. The first-order chi connectivity index (χ1) is 10.2. The Balaban J connectivity index is 2.30. The zero-order valence-corrected chi connectivity index (χ0v) is 13.1. The Morgan fingerprint density at radius 3 is 2.52 bits per heavy atom. The van der Waals surface area contributed by atoms with Crippen LogP contribution in [-0.4, -0.2) is 6.54 Å². The summed E-state index contributed by atoms with van der Waals surface area (Å²) in [5, 5.41) is 3.65. The molecule has 0 spiro atoms.